The van der Waals surface area contributed by atoms with Gasteiger partial charge in [0.2, 0.25) is 0 Å². The summed E-state index contributed by atoms with van der Waals surface area (Å²) in [5.74, 6) is -0.895. The smallest absolute Gasteiger partial charge is 0.335 e. The molecule has 0 amide bonds. The second-order valence-corrected chi connectivity index (χ2v) is 4.63. The Hall–Kier alpha value is -2.20. The predicted molar refractivity (Wildman–Crippen MR) is 77.5 cm³/mol. The fourth-order valence-electron chi connectivity index (χ4n) is 2.15. The Balaban J connectivity index is 2.03. The van der Waals surface area contributed by atoms with Gasteiger partial charge in [-0.3, -0.25) is 4.98 Å². The van der Waals surface area contributed by atoms with E-state index in [0.29, 0.717) is 12.1 Å². The summed E-state index contributed by atoms with van der Waals surface area (Å²) in [5.41, 5.74) is 2.48. The molecule has 4 heteroatoms. The first-order valence-corrected chi connectivity index (χ1v) is 6.66. The molecule has 0 saturated heterocycles. The Morgan fingerprint density at radius 3 is 2.70 bits per heavy atom. The average Bonchev–Trinajstić information content (AvgIpc) is 2.49. The Morgan fingerprint density at radius 2 is 2.05 bits per heavy atom. The van der Waals surface area contributed by atoms with Gasteiger partial charge >= 0.3 is 5.97 Å². The van der Waals surface area contributed by atoms with E-state index in [1.807, 2.05) is 18.2 Å². The van der Waals surface area contributed by atoms with Crippen molar-refractivity contribution >= 4 is 5.97 Å². The number of aromatic nitrogens is 1. The van der Waals surface area contributed by atoms with Gasteiger partial charge in [0.05, 0.1) is 5.56 Å². The zero-order valence-electron chi connectivity index (χ0n) is 11.4. The number of hydrogen-bond donors (Lipinski definition) is 2. The number of carbonyl (C=O) groups is 1. The summed E-state index contributed by atoms with van der Waals surface area (Å²) in [4.78, 5) is 15.0. The van der Waals surface area contributed by atoms with Crippen molar-refractivity contribution in [1.29, 1.82) is 0 Å². The number of nitrogens with zero attached hydrogens (tertiary/aromatic N) is 1. The monoisotopic (exact) mass is 270 g/mol. The highest BCUT2D eigenvalue weighted by molar-refractivity contribution is 5.87. The van der Waals surface area contributed by atoms with Gasteiger partial charge in [0.1, 0.15) is 0 Å². The van der Waals surface area contributed by atoms with Crippen molar-refractivity contribution in [2.45, 2.75) is 25.9 Å². The molecule has 0 aliphatic heterocycles. The number of rotatable bonds is 6. The first kappa shape index (κ1) is 14.2. The zero-order chi connectivity index (χ0) is 14.4. The van der Waals surface area contributed by atoms with Gasteiger partial charge in [-0.1, -0.05) is 19.1 Å². The Kier molecular flexibility index (Phi) is 4.85. The topological polar surface area (TPSA) is 62.2 Å². The summed E-state index contributed by atoms with van der Waals surface area (Å²) in [6, 6.07) is 11.2. The number of benzene rings is 1. The molecule has 0 fully saturated rings. The minimum atomic E-state index is -0.895. The van der Waals surface area contributed by atoms with Gasteiger partial charge in [-0.05, 0) is 41.8 Å². The molecule has 2 N–H and O–H groups in total. The summed E-state index contributed by atoms with van der Waals surface area (Å²) in [7, 11) is 0. The summed E-state index contributed by atoms with van der Waals surface area (Å²) in [5, 5.41) is 12.4. The second kappa shape index (κ2) is 6.82. The van der Waals surface area contributed by atoms with Gasteiger partial charge in [-0.25, -0.2) is 4.79 Å². The van der Waals surface area contributed by atoms with Crippen molar-refractivity contribution in [3.63, 3.8) is 0 Å². The lowest BCUT2D eigenvalue weighted by Gasteiger charge is -2.17. The molecule has 0 saturated carbocycles. The maximum atomic E-state index is 10.9. The van der Waals surface area contributed by atoms with Crippen molar-refractivity contribution in [1.82, 2.24) is 10.3 Å². The molecule has 0 radical (unpaired) electrons. The van der Waals surface area contributed by atoms with Crippen LogP contribution < -0.4 is 5.32 Å². The van der Waals surface area contributed by atoms with Gasteiger partial charge in [-0.15, -0.1) is 0 Å². The number of carboxylic acid groups (broad SMARTS) is 1. The van der Waals surface area contributed by atoms with Crippen LogP contribution in [0.15, 0.2) is 48.8 Å². The van der Waals surface area contributed by atoms with Gasteiger partial charge in [0.15, 0.2) is 0 Å². The average molecular weight is 270 g/mol. The fraction of sp³-hybridized carbons (Fsp3) is 0.250. The molecule has 104 valence electrons. The molecule has 4 nitrogen and oxygen atoms in total. The van der Waals surface area contributed by atoms with Crippen molar-refractivity contribution in [2.75, 3.05) is 0 Å². The molecule has 1 unspecified atom stereocenters. The second-order valence-electron chi connectivity index (χ2n) is 4.63. The first-order chi connectivity index (χ1) is 9.70. The maximum absolute atomic E-state index is 10.9. The summed E-state index contributed by atoms with van der Waals surface area (Å²) in [6.45, 7) is 2.76. The molecule has 0 spiro atoms. The molecule has 20 heavy (non-hydrogen) atoms. The standard InChI is InChI=1S/C16H18N2O2/c1-2-15(13-6-8-17-9-7-13)18-11-12-4-3-5-14(10-12)16(19)20/h3-10,15,18H,2,11H2,1H3,(H,19,20). The third-order valence-electron chi connectivity index (χ3n) is 3.24. The normalized spacial score (nSPS) is 12.1. The molecule has 2 rings (SSSR count). The fourth-order valence-corrected chi connectivity index (χ4v) is 2.15. The maximum Gasteiger partial charge on any atom is 0.335 e. The molecule has 1 atom stereocenters. The lowest BCUT2D eigenvalue weighted by Crippen LogP contribution is -2.20. The summed E-state index contributed by atoms with van der Waals surface area (Å²) >= 11 is 0. The molecule has 0 bridgehead atoms. The number of hydrogen-bond acceptors (Lipinski definition) is 3. The van der Waals surface area contributed by atoms with Crippen LogP contribution >= 0.6 is 0 Å². The number of pyridine rings is 1. The molecule has 1 aromatic carbocycles. The van der Waals surface area contributed by atoms with E-state index in [-0.39, 0.29) is 6.04 Å². The van der Waals surface area contributed by atoms with E-state index >= 15 is 0 Å². The van der Waals surface area contributed by atoms with Crippen LogP contribution in [0.25, 0.3) is 0 Å². The third-order valence-corrected chi connectivity index (χ3v) is 3.24. The van der Waals surface area contributed by atoms with E-state index in [9.17, 15) is 4.79 Å². The van der Waals surface area contributed by atoms with Crippen LogP contribution in [-0.2, 0) is 6.54 Å². The summed E-state index contributed by atoms with van der Waals surface area (Å²) < 4.78 is 0. The van der Waals surface area contributed by atoms with Gasteiger partial charge in [0, 0.05) is 25.0 Å². The highest BCUT2D eigenvalue weighted by atomic mass is 16.4. The molecule has 1 heterocycles. The van der Waals surface area contributed by atoms with Crippen molar-refractivity contribution < 1.29 is 9.90 Å². The van der Waals surface area contributed by atoms with Gasteiger partial charge in [-0.2, -0.15) is 0 Å². The molecular formula is C16H18N2O2. The number of aromatic carboxylic acids is 1. The van der Waals surface area contributed by atoms with Gasteiger partial charge < -0.3 is 10.4 Å². The van der Waals surface area contributed by atoms with E-state index in [4.69, 9.17) is 5.11 Å². The Labute approximate surface area is 118 Å². The van der Waals surface area contributed by atoms with Crippen LogP contribution in [0.4, 0.5) is 0 Å². The predicted octanol–water partition coefficient (Wildman–Crippen LogP) is 3.02. The Morgan fingerprint density at radius 1 is 1.30 bits per heavy atom. The lowest BCUT2D eigenvalue weighted by atomic mass is 10.1. The van der Waals surface area contributed by atoms with Crippen LogP contribution in [0.3, 0.4) is 0 Å². The molecule has 2 aromatic rings. The van der Waals surface area contributed by atoms with Crippen molar-refractivity contribution in [2.24, 2.45) is 0 Å². The minimum absolute atomic E-state index is 0.242. The molecule has 0 aliphatic carbocycles. The molecule has 1 aromatic heterocycles. The van der Waals surface area contributed by atoms with Crippen LogP contribution in [0.5, 0.6) is 0 Å². The highest BCUT2D eigenvalue weighted by Crippen LogP contribution is 2.16. The largest absolute Gasteiger partial charge is 0.478 e. The number of carboxylic acids is 1. The quantitative estimate of drug-likeness (QED) is 0.847. The highest BCUT2D eigenvalue weighted by Gasteiger charge is 2.09. The van der Waals surface area contributed by atoms with Crippen molar-refractivity contribution in [3.8, 4) is 0 Å². The zero-order valence-corrected chi connectivity index (χ0v) is 11.4. The first-order valence-electron chi connectivity index (χ1n) is 6.66. The summed E-state index contributed by atoms with van der Waals surface area (Å²) in [6.07, 6.45) is 4.53. The van der Waals surface area contributed by atoms with Crippen LogP contribution in [0.1, 0.15) is 40.9 Å². The van der Waals surface area contributed by atoms with E-state index in [2.05, 4.69) is 17.2 Å². The lowest BCUT2D eigenvalue weighted by molar-refractivity contribution is 0.0696. The molecular weight excluding hydrogens is 252 g/mol. The van der Waals surface area contributed by atoms with E-state index < -0.39 is 5.97 Å². The van der Waals surface area contributed by atoms with Gasteiger partial charge in [0.25, 0.3) is 0 Å². The van der Waals surface area contributed by atoms with E-state index in [0.717, 1.165) is 12.0 Å². The van der Waals surface area contributed by atoms with E-state index in [1.54, 1.807) is 30.6 Å². The van der Waals surface area contributed by atoms with E-state index in [1.165, 1.54) is 5.56 Å². The van der Waals surface area contributed by atoms with Crippen LogP contribution in [0, 0.1) is 0 Å². The SMILES string of the molecule is CCC(NCc1cccc(C(=O)O)c1)c1ccncc1. The Bertz CT molecular complexity index is 570. The third kappa shape index (κ3) is 3.65. The van der Waals surface area contributed by atoms with Crippen LogP contribution in [-0.4, -0.2) is 16.1 Å². The number of nitrogens with one attached hydrogen (secondary N) is 1. The molecule has 0 aliphatic rings. The van der Waals surface area contributed by atoms with Crippen LogP contribution in [0.2, 0.25) is 0 Å². The van der Waals surface area contributed by atoms with Crippen molar-refractivity contribution in [3.05, 3.63) is 65.5 Å². The minimum Gasteiger partial charge on any atom is -0.478 e.